The van der Waals surface area contributed by atoms with Crippen molar-refractivity contribution in [2.75, 3.05) is 6.61 Å². The molecule has 1 aliphatic rings. The highest BCUT2D eigenvalue weighted by molar-refractivity contribution is 7.80. The third-order valence-electron chi connectivity index (χ3n) is 2.56. The molecule has 0 atom stereocenters. The van der Waals surface area contributed by atoms with Crippen LogP contribution in [0.5, 0.6) is 5.75 Å². The van der Waals surface area contributed by atoms with Crippen LogP contribution in [0.15, 0.2) is 23.3 Å². The Morgan fingerprint density at radius 3 is 3.12 bits per heavy atom. The number of hydrazine groups is 1. The molecule has 4 N–H and O–H groups in total. The first kappa shape index (κ1) is 11.8. The van der Waals surface area contributed by atoms with E-state index in [0.717, 1.165) is 30.1 Å². The normalized spacial score (nSPS) is 13.9. The smallest absolute Gasteiger partial charge is 0.201 e. The molecule has 1 heterocycles. The monoisotopic (exact) mass is 250 g/mol. The minimum absolute atomic E-state index is 0.286. The molecule has 90 valence electrons. The van der Waals surface area contributed by atoms with Crippen molar-refractivity contribution in [2.24, 2.45) is 10.9 Å². The minimum Gasteiger partial charge on any atom is -0.493 e. The van der Waals surface area contributed by atoms with Gasteiger partial charge < -0.3 is 4.74 Å². The maximum atomic E-state index is 5.45. The van der Waals surface area contributed by atoms with Gasteiger partial charge in [-0.25, -0.2) is 5.84 Å². The topological polar surface area (TPSA) is 71.7 Å². The molecule has 0 radical (unpaired) electrons. The zero-order chi connectivity index (χ0) is 12.3. The van der Waals surface area contributed by atoms with Crippen LogP contribution in [0, 0.1) is 0 Å². The lowest BCUT2D eigenvalue weighted by Crippen LogP contribution is -2.37. The quantitative estimate of drug-likeness (QED) is 0.312. The van der Waals surface area contributed by atoms with E-state index in [-0.39, 0.29) is 5.11 Å². The van der Waals surface area contributed by atoms with Gasteiger partial charge in [-0.05, 0) is 48.5 Å². The van der Waals surface area contributed by atoms with E-state index >= 15 is 0 Å². The molecule has 0 saturated carbocycles. The van der Waals surface area contributed by atoms with Crippen molar-refractivity contribution in [1.82, 2.24) is 10.9 Å². The molecule has 5 nitrogen and oxygen atoms in total. The van der Waals surface area contributed by atoms with Gasteiger partial charge in [0.1, 0.15) is 5.75 Å². The Hall–Kier alpha value is -1.66. The maximum absolute atomic E-state index is 5.45. The summed E-state index contributed by atoms with van der Waals surface area (Å²) in [4.78, 5) is 0. The highest BCUT2D eigenvalue weighted by Gasteiger charge is 2.12. The third-order valence-corrected chi connectivity index (χ3v) is 2.77. The Morgan fingerprint density at radius 1 is 1.53 bits per heavy atom. The summed E-state index contributed by atoms with van der Waals surface area (Å²) in [5.74, 6) is 6.10. The highest BCUT2D eigenvalue weighted by Crippen LogP contribution is 2.25. The Labute approximate surface area is 105 Å². The number of nitrogens with zero attached hydrogens (tertiary/aromatic N) is 1. The average molecular weight is 250 g/mol. The van der Waals surface area contributed by atoms with Crippen molar-refractivity contribution >= 4 is 23.0 Å². The Kier molecular flexibility index (Phi) is 3.55. The molecular weight excluding hydrogens is 236 g/mol. The van der Waals surface area contributed by atoms with E-state index in [0.29, 0.717) is 0 Å². The van der Waals surface area contributed by atoms with Gasteiger partial charge in [-0.15, -0.1) is 0 Å². The Balaban J connectivity index is 2.14. The summed E-state index contributed by atoms with van der Waals surface area (Å²) in [7, 11) is 0. The van der Waals surface area contributed by atoms with E-state index in [1.165, 1.54) is 5.56 Å². The number of hydrogen-bond acceptors (Lipinski definition) is 4. The van der Waals surface area contributed by atoms with Gasteiger partial charge in [-0.2, -0.15) is 5.10 Å². The Morgan fingerprint density at radius 2 is 2.35 bits per heavy atom. The molecule has 0 bridgehead atoms. The molecule has 0 spiro atoms. The second-order valence-corrected chi connectivity index (χ2v) is 4.11. The van der Waals surface area contributed by atoms with Crippen molar-refractivity contribution in [3.8, 4) is 5.75 Å². The molecule has 0 aromatic heterocycles. The van der Waals surface area contributed by atoms with Gasteiger partial charge in [0.05, 0.1) is 12.3 Å². The average Bonchev–Trinajstić information content (AvgIpc) is 2.82. The van der Waals surface area contributed by atoms with Crippen molar-refractivity contribution < 1.29 is 4.74 Å². The fourth-order valence-corrected chi connectivity index (χ4v) is 1.69. The lowest BCUT2D eigenvalue weighted by atomic mass is 10.1. The number of hydrazone groups is 1. The summed E-state index contributed by atoms with van der Waals surface area (Å²) in [5.41, 5.74) is 8.06. The van der Waals surface area contributed by atoms with E-state index in [2.05, 4.69) is 22.0 Å². The lowest BCUT2D eigenvalue weighted by molar-refractivity contribution is 0.357. The molecule has 17 heavy (non-hydrogen) atoms. The Bertz CT molecular complexity index is 473. The number of nitrogens with one attached hydrogen (secondary N) is 2. The van der Waals surface area contributed by atoms with Gasteiger partial charge in [0, 0.05) is 6.42 Å². The predicted octanol–water partition coefficient (Wildman–Crippen LogP) is 0.683. The van der Waals surface area contributed by atoms with Crippen LogP contribution in [0.2, 0.25) is 0 Å². The van der Waals surface area contributed by atoms with Gasteiger partial charge in [0.15, 0.2) is 0 Å². The van der Waals surface area contributed by atoms with E-state index < -0.39 is 0 Å². The first-order valence-electron chi connectivity index (χ1n) is 5.27. The summed E-state index contributed by atoms with van der Waals surface area (Å²) < 4.78 is 5.45. The second-order valence-electron chi connectivity index (χ2n) is 3.70. The summed E-state index contributed by atoms with van der Waals surface area (Å²) in [6.45, 7) is 2.66. The van der Waals surface area contributed by atoms with Crippen LogP contribution < -0.4 is 21.4 Å². The van der Waals surface area contributed by atoms with E-state index in [9.17, 15) is 0 Å². The van der Waals surface area contributed by atoms with Gasteiger partial charge in [0.2, 0.25) is 5.11 Å². The van der Waals surface area contributed by atoms with Crippen LogP contribution in [0.4, 0.5) is 0 Å². The van der Waals surface area contributed by atoms with E-state index in [4.69, 9.17) is 22.8 Å². The standard InChI is InChI=1S/C11H14N4OS/c1-7(14-15-11(17)13-12)8-2-3-10-9(6-8)4-5-16-10/h2-3,6H,4-5,12H2,1H3,(H2,13,15,17)/b14-7-. The van der Waals surface area contributed by atoms with Crippen molar-refractivity contribution in [1.29, 1.82) is 0 Å². The first-order valence-corrected chi connectivity index (χ1v) is 5.68. The van der Waals surface area contributed by atoms with Gasteiger partial charge in [-0.3, -0.25) is 10.9 Å². The number of fused-ring (bicyclic) bond motifs is 1. The van der Waals surface area contributed by atoms with Crippen LogP contribution in [0.3, 0.4) is 0 Å². The third kappa shape index (κ3) is 2.72. The van der Waals surface area contributed by atoms with Crippen molar-refractivity contribution in [2.45, 2.75) is 13.3 Å². The molecule has 0 saturated heterocycles. The largest absolute Gasteiger partial charge is 0.493 e. The molecule has 6 heteroatoms. The fraction of sp³-hybridized carbons (Fsp3) is 0.273. The van der Waals surface area contributed by atoms with Crippen LogP contribution >= 0.6 is 12.2 Å². The molecule has 0 unspecified atom stereocenters. The molecule has 1 aromatic carbocycles. The highest BCUT2D eigenvalue weighted by atomic mass is 32.1. The van der Waals surface area contributed by atoms with E-state index in [1.54, 1.807) is 0 Å². The number of hydrogen-bond donors (Lipinski definition) is 3. The summed E-state index contributed by atoms with van der Waals surface area (Å²) in [6, 6.07) is 6.03. The lowest BCUT2D eigenvalue weighted by Gasteiger charge is -2.05. The molecular formula is C11H14N4OS. The molecule has 2 rings (SSSR count). The second kappa shape index (κ2) is 5.11. The van der Waals surface area contributed by atoms with Crippen LogP contribution in [0.1, 0.15) is 18.1 Å². The summed E-state index contributed by atoms with van der Waals surface area (Å²) in [5, 5.41) is 4.42. The molecule has 1 aromatic rings. The van der Waals surface area contributed by atoms with Gasteiger partial charge in [0.25, 0.3) is 0 Å². The number of benzene rings is 1. The molecule has 0 fully saturated rings. The fourth-order valence-electron chi connectivity index (χ4n) is 1.64. The zero-order valence-corrected chi connectivity index (χ0v) is 10.3. The van der Waals surface area contributed by atoms with Crippen molar-refractivity contribution in [3.63, 3.8) is 0 Å². The van der Waals surface area contributed by atoms with Crippen LogP contribution in [-0.4, -0.2) is 17.4 Å². The summed E-state index contributed by atoms with van der Waals surface area (Å²) in [6.07, 6.45) is 0.951. The molecule has 0 aliphatic carbocycles. The SMILES string of the molecule is C/C(=N/NC(=S)NN)c1ccc2c(c1)CCO2. The minimum atomic E-state index is 0.286. The summed E-state index contributed by atoms with van der Waals surface area (Å²) >= 11 is 4.83. The number of ether oxygens (including phenoxy) is 1. The van der Waals surface area contributed by atoms with Gasteiger partial charge in [-0.1, -0.05) is 0 Å². The predicted molar refractivity (Wildman–Crippen MR) is 70.9 cm³/mol. The van der Waals surface area contributed by atoms with Crippen molar-refractivity contribution in [3.05, 3.63) is 29.3 Å². The van der Waals surface area contributed by atoms with Crippen LogP contribution in [0.25, 0.3) is 0 Å². The number of thiocarbonyl (C=S) groups is 1. The maximum Gasteiger partial charge on any atom is 0.201 e. The van der Waals surface area contributed by atoms with Gasteiger partial charge >= 0.3 is 0 Å². The first-order chi connectivity index (χ1) is 8.20. The number of rotatable bonds is 2. The number of nitrogens with two attached hydrogens (primary N) is 1. The molecule has 1 aliphatic heterocycles. The van der Waals surface area contributed by atoms with Crippen LogP contribution in [-0.2, 0) is 6.42 Å². The molecule has 0 amide bonds. The van der Waals surface area contributed by atoms with E-state index in [1.807, 2.05) is 19.1 Å². The zero-order valence-electron chi connectivity index (χ0n) is 9.49.